The van der Waals surface area contributed by atoms with Gasteiger partial charge in [-0.05, 0) is 49.2 Å². The van der Waals surface area contributed by atoms with E-state index in [1.54, 1.807) is 36.4 Å². The number of hydrogen-bond acceptors (Lipinski definition) is 8. The third-order valence-corrected chi connectivity index (χ3v) is 6.23. The number of ether oxygens (including phenoxy) is 5. The molecular weight excluding hydrogens is 478 g/mol. The molecule has 37 heavy (non-hydrogen) atoms. The molecule has 0 bridgehead atoms. The summed E-state index contributed by atoms with van der Waals surface area (Å²) in [7, 11) is 1.52. The van der Waals surface area contributed by atoms with Crippen molar-refractivity contribution in [1.82, 2.24) is 4.90 Å². The first-order valence-corrected chi connectivity index (χ1v) is 12.6. The highest BCUT2D eigenvalue weighted by Gasteiger charge is 2.46. The van der Waals surface area contributed by atoms with Gasteiger partial charge in [-0.3, -0.25) is 9.59 Å². The highest BCUT2D eigenvalue weighted by atomic mass is 16.6. The molecule has 2 heterocycles. The van der Waals surface area contributed by atoms with Crippen LogP contribution in [0.4, 0.5) is 0 Å². The molecular formula is C28H33NO8. The molecule has 2 aromatic rings. The van der Waals surface area contributed by atoms with Gasteiger partial charge in [-0.1, -0.05) is 19.4 Å². The quantitative estimate of drug-likeness (QED) is 0.208. The van der Waals surface area contributed by atoms with E-state index in [1.807, 2.05) is 6.92 Å². The summed E-state index contributed by atoms with van der Waals surface area (Å²) in [4.78, 5) is 27.8. The fourth-order valence-electron chi connectivity index (χ4n) is 4.40. The van der Waals surface area contributed by atoms with Crippen molar-refractivity contribution in [2.45, 2.75) is 32.7 Å². The Morgan fingerprint density at radius 3 is 2.51 bits per heavy atom. The van der Waals surface area contributed by atoms with Crippen molar-refractivity contribution >= 4 is 17.4 Å². The van der Waals surface area contributed by atoms with Crippen LogP contribution in [0.3, 0.4) is 0 Å². The zero-order chi connectivity index (χ0) is 26.4. The minimum Gasteiger partial charge on any atom is -0.507 e. The van der Waals surface area contributed by atoms with Gasteiger partial charge in [0, 0.05) is 19.2 Å². The average molecular weight is 512 g/mol. The van der Waals surface area contributed by atoms with Crippen LogP contribution in [0.5, 0.6) is 23.0 Å². The molecule has 1 fully saturated rings. The van der Waals surface area contributed by atoms with Crippen LogP contribution in [0.15, 0.2) is 42.0 Å². The predicted octanol–water partition coefficient (Wildman–Crippen LogP) is 4.10. The Bertz CT molecular complexity index is 1170. The Labute approximate surface area is 216 Å². The van der Waals surface area contributed by atoms with Crippen LogP contribution in [0.25, 0.3) is 5.76 Å². The second kappa shape index (κ2) is 12.0. The Kier molecular flexibility index (Phi) is 8.55. The van der Waals surface area contributed by atoms with E-state index in [-0.39, 0.29) is 24.5 Å². The van der Waals surface area contributed by atoms with Gasteiger partial charge in [-0.15, -0.1) is 0 Å². The number of aliphatic hydroxyl groups excluding tert-OH is 1. The fourth-order valence-corrected chi connectivity index (χ4v) is 4.40. The number of ketones is 1. The van der Waals surface area contributed by atoms with E-state index in [2.05, 4.69) is 6.92 Å². The molecule has 4 rings (SSSR count). The SMILES string of the molecule is CCCCOc1ccc(C2/C(=C(\O)c3ccc4c(c3)OCCO4)C(=O)C(=O)N2CCOC)cc1OCC. The van der Waals surface area contributed by atoms with Crippen molar-refractivity contribution in [3.63, 3.8) is 0 Å². The van der Waals surface area contributed by atoms with Crippen LogP contribution >= 0.6 is 0 Å². The highest BCUT2D eigenvalue weighted by Crippen LogP contribution is 2.43. The zero-order valence-electron chi connectivity index (χ0n) is 21.5. The van der Waals surface area contributed by atoms with Crippen molar-refractivity contribution in [1.29, 1.82) is 0 Å². The van der Waals surface area contributed by atoms with E-state index in [0.29, 0.717) is 60.6 Å². The lowest BCUT2D eigenvalue weighted by Gasteiger charge is -2.26. The Balaban J connectivity index is 1.80. The molecule has 0 spiro atoms. The van der Waals surface area contributed by atoms with E-state index in [9.17, 15) is 14.7 Å². The van der Waals surface area contributed by atoms with Crippen LogP contribution in [0.1, 0.15) is 43.9 Å². The van der Waals surface area contributed by atoms with Crippen LogP contribution < -0.4 is 18.9 Å². The van der Waals surface area contributed by atoms with Crippen LogP contribution in [-0.2, 0) is 14.3 Å². The van der Waals surface area contributed by atoms with Crippen LogP contribution in [-0.4, -0.2) is 68.4 Å². The maximum absolute atomic E-state index is 13.3. The van der Waals surface area contributed by atoms with Crippen LogP contribution in [0, 0.1) is 0 Å². The first-order chi connectivity index (χ1) is 18.0. The van der Waals surface area contributed by atoms with Gasteiger partial charge in [0.25, 0.3) is 11.7 Å². The van der Waals surface area contributed by atoms with Gasteiger partial charge < -0.3 is 33.7 Å². The third-order valence-electron chi connectivity index (χ3n) is 6.23. The average Bonchev–Trinajstić information content (AvgIpc) is 3.17. The van der Waals surface area contributed by atoms with Gasteiger partial charge in [-0.25, -0.2) is 0 Å². The predicted molar refractivity (Wildman–Crippen MR) is 136 cm³/mol. The number of carbonyl (C=O) groups excluding carboxylic acids is 2. The summed E-state index contributed by atoms with van der Waals surface area (Å²) in [6.45, 7) is 6.12. The molecule has 1 unspecified atom stereocenters. The van der Waals surface area contributed by atoms with Crippen molar-refractivity contribution < 1.29 is 38.4 Å². The molecule has 198 valence electrons. The molecule has 9 heteroatoms. The molecule has 0 aliphatic carbocycles. The van der Waals surface area contributed by atoms with Crippen molar-refractivity contribution in [2.24, 2.45) is 0 Å². The number of nitrogens with zero attached hydrogens (tertiary/aromatic N) is 1. The number of likely N-dealkylation sites (tertiary alicyclic amines) is 1. The van der Waals surface area contributed by atoms with Crippen molar-refractivity contribution in [2.75, 3.05) is 46.7 Å². The number of Topliss-reactive ketones (excluding diaryl/α,β-unsaturated/α-hetero) is 1. The van der Waals surface area contributed by atoms with E-state index >= 15 is 0 Å². The molecule has 0 aromatic heterocycles. The molecule has 9 nitrogen and oxygen atoms in total. The minimum atomic E-state index is -0.841. The molecule has 0 radical (unpaired) electrons. The van der Waals surface area contributed by atoms with E-state index in [4.69, 9.17) is 23.7 Å². The summed E-state index contributed by atoms with van der Waals surface area (Å²) in [6, 6.07) is 9.41. The Hall–Kier alpha value is -3.72. The molecule has 2 aliphatic rings. The normalized spacial score (nSPS) is 18.2. The van der Waals surface area contributed by atoms with E-state index < -0.39 is 17.7 Å². The lowest BCUT2D eigenvalue weighted by molar-refractivity contribution is -0.140. The summed E-state index contributed by atoms with van der Waals surface area (Å²) in [5, 5.41) is 11.4. The number of fused-ring (bicyclic) bond motifs is 1. The van der Waals surface area contributed by atoms with Crippen molar-refractivity contribution in [3.8, 4) is 23.0 Å². The molecule has 1 saturated heterocycles. The molecule has 2 aliphatic heterocycles. The first-order valence-electron chi connectivity index (χ1n) is 12.6. The monoisotopic (exact) mass is 511 g/mol. The minimum absolute atomic E-state index is 0.0140. The largest absolute Gasteiger partial charge is 0.507 e. The topological polar surface area (TPSA) is 104 Å². The highest BCUT2D eigenvalue weighted by molar-refractivity contribution is 6.46. The number of unbranched alkanes of at least 4 members (excludes halogenated alkanes) is 1. The number of rotatable bonds is 11. The molecule has 0 saturated carbocycles. The summed E-state index contributed by atoms with van der Waals surface area (Å²) < 4.78 is 28.1. The molecule has 1 N–H and O–H groups in total. The second-order valence-corrected chi connectivity index (χ2v) is 8.68. The number of carbonyl (C=O) groups is 2. The van der Waals surface area contributed by atoms with E-state index in [1.165, 1.54) is 12.0 Å². The summed E-state index contributed by atoms with van der Waals surface area (Å²) in [5.41, 5.74) is 0.948. The number of amides is 1. The van der Waals surface area contributed by atoms with Crippen LogP contribution in [0.2, 0.25) is 0 Å². The summed E-state index contributed by atoms with van der Waals surface area (Å²) in [5.74, 6) is 0.346. The zero-order valence-corrected chi connectivity index (χ0v) is 21.5. The fraction of sp³-hybridized carbons (Fsp3) is 0.429. The maximum atomic E-state index is 13.3. The van der Waals surface area contributed by atoms with Gasteiger partial charge in [0.2, 0.25) is 0 Å². The Morgan fingerprint density at radius 1 is 1.00 bits per heavy atom. The number of benzene rings is 2. The number of aliphatic hydroxyl groups is 1. The Morgan fingerprint density at radius 2 is 1.78 bits per heavy atom. The summed E-state index contributed by atoms with van der Waals surface area (Å²) >= 11 is 0. The standard InChI is InChI=1S/C28H33NO8/c1-4-6-12-35-20-9-7-18(16-22(20)34-5-2)25-24(27(31)28(32)29(25)11-13-33-3)26(30)19-8-10-21-23(17-19)37-15-14-36-21/h7-10,16-17,25,30H,4-6,11-15H2,1-3H3/b26-24+. The van der Waals surface area contributed by atoms with E-state index in [0.717, 1.165) is 12.8 Å². The third kappa shape index (κ3) is 5.51. The molecule has 2 aromatic carbocycles. The second-order valence-electron chi connectivity index (χ2n) is 8.68. The molecule has 1 amide bonds. The number of hydrogen-bond donors (Lipinski definition) is 1. The van der Waals surface area contributed by atoms with Gasteiger partial charge in [0.05, 0.1) is 31.4 Å². The lowest BCUT2D eigenvalue weighted by Crippen LogP contribution is -2.32. The maximum Gasteiger partial charge on any atom is 0.295 e. The number of methoxy groups -OCH3 is 1. The van der Waals surface area contributed by atoms with Gasteiger partial charge in [0.1, 0.15) is 19.0 Å². The van der Waals surface area contributed by atoms with Gasteiger partial charge in [0.15, 0.2) is 23.0 Å². The lowest BCUT2D eigenvalue weighted by atomic mass is 9.94. The molecule has 1 atom stereocenters. The smallest absolute Gasteiger partial charge is 0.295 e. The van der Waals surface area contributed by atoms with Gasteiger partial charge in [-0.2, -0.15) is 0 Å². The van der Waals surface area contributed by atoms with Gasteiger partial charge >= 0.3 is 0 Å². The summed E-state index contributed by atoms with van der Waals surface area (Å²) in [6.07, 6.45) is 1.90. The first kappa shape index (κ1) is 26.3. The van der Waals surface area contributed by atoms with Crippen molar-refractivity contribution in [3.05, 3.63) is 53.1 Å².